The average Bonchev–Trinajstić information content (AvgIpc) is 3.18. The molecule has 1 N–H and O–H groups in total. The highest BCUT2D eigenvalue weighted by atomic mass is 35.5. The van der Waals surface area contributed by atoms with E-state index in [2.05, 4.69) is 17.6 Å². The number of hydrogen-bond donors (Lipinski definition) is 1. The molecule has 1 spiro atoms. The number of halogens is 1. The van der Waals surface area contributed by atoms with Crippen molar-refractivity contribution in [2.24, 2.45) is 29.1 Å². The molecule has 1 aromatic carbocycles. The van der Waals surface area contributed by atoms with Crippen molar-refractivity contribution >= 4 is 29.3 Å². The number of hydrogen-bond acceptors (Lipinski definition) is 3. The summed E-state index contributed by atoms with van der Waals surface area (Å²) in [7, 11) is 0. The van der Waals surface area contributed by atoms with Gasteiger partial charge >= 0.3 is 0 Å². The molecule has 0 unspecified atom stereocenters. The Hall–Kier alpha value is -2.14. The Morgan fingerprint density at radius 1 is 1.04 bits per heavy atom. The molecule has 3 aliphatic carbocycles. The van der Waals surface area contributed by atoms with Crippen LogP contribution in [0.3, 0.4) is 0 Å². The molecule has 4 aliphatic rings. The summed E-state index contributed by atoms with van der Waals surface area (Å²) in [5.41, 5.74) is 3.00. The molecule has 2 bridgehead atoms. The van der Waals surface area contributed by atoms with E-state index in [4.69, 9.17) is 11.6 Å². The predicted molar refractivity (Wildman–Crippen MR) is 85.5 cm³/mol. The Balaban J connectivity index is 1.39. The zero-order valence-corrected chi connectivity index (χ0v) is 13.5. The summed E-state index contributed by atoms with van der Waals surface area (Å²) in [6.45, 7) is 0. The van der Waals surface area contributed by atoms with E-state index in [1.165, 1.54) is 0 Å². The molecule has 0 radical (unpaired) electrons. The number of fused-ring (bicyclic) bond motifs is 3. The molecule has 1 saturated heterocycles. The molecule has 3 amide bonds. The molecule has 6 heteroatoms. The molecular weight excluding hydrogens is 328 g/mol. The van der Waals surface area contributed by atoms with E-state index >= 15 is 0 Å². The first-order valence-corrected chi connectivity index (χ1v) is 8.53. The molecule has 4 atom stereocenters. The highest BCUT2D eigenvalue weighted by molar-refractivity contribution is 6.30. The van der Waals surface area contributed by atoms with Crippen molar-refractivity contribution < 1.29 is 14.4 Å². The second kappa shape index (κ2) is 4.48. The van der Waals surface area contributed by atoms with Crippen LogP contribution < -0.4 is 5.43 Å². The third kappa shape index (κ3) is 1.63. The number of imide groups is 1. The van der Waals surface area contributed by atoms with Gasteiger partial charge < -0.3 is 0 Å². The summed E-state index contributed by atoms with van der Waals surface area (Å²) in [5.74, 6) is -1.32. The number of nitrogens with zero attached hydrogens (tertiary/aromatic N) is 1. The summed E-state index contributed by atoms with van der Waals surface area (Å²) in [6, 6.07) is 6.32. The Bertz CT molecular complexity index is 778. The van der Waals surface area contributed by atoms with E-state index in [1.54, 1.807) is 24.3 Å². The Kier molecular flexibility index (Phi) is 2.65. The molecule has 3 fully saturated rings. The monoisotopic (exact) mass is 342 g/mol. The molecule has 1 aromatic rings. The van der Waals surface area contributed by atoms with Crippen LogP contribution in [0.25, 0.3) is 0 Å². The van der Waals surface area contributed by atoms with Crippen LogP contribution in [0.5, 0.6) is 0 Å². The van der Waals surface area contributed by atoms with Crippen molar-refractivity contribution in [3.8, 4) is 0 Å². The van der Waals surface area contributed by atoms with Gasteiger partial charge in [-0.25, -0.2) is 0 Å². The molecular formula is C18H15ClN2O3. The molecule has 2 saturated carbocycles. The average molecular weight is 343 g/mol. The van der Waals surface area contributed by atoms with Crippen LogP contribution in [0.15, 0.2) is 36.4 Å². The van der Waals surface area contributed by atoms with Crippen molar-refractivity contribution in [2.45, 2.75) is 12.8 Å². The van der Waals surface area contributed by atoms with Gasteiger partial charge in [-0.05, 0) is 54.4 Å². The van der Waals surface area contributed by atoms with E-state index < -0.39 is 5.91 Å². The highest BCUT2D eigenvalue weighted by Crippen LogP contribution is 2.73. The van der Waals surface area contributed by atoms with E-state index in [0.717, 1.165) is 17.9 Å². The second-order valence-corrected chi connectivity index (χ2v) is 7.62. The van der Waals surface area contributed by atoms with Gasteiger partial charge in [0.15, 0.2) is 0 Å². The minimum Gasteiger partial charge on any atom is -0.272 e. The van der Waals surface area contributed by atoms with E-state index in [-0.39, 0.29) is 40.9 Å². The standard InChI is InChI=1S/C18H15ClN2O3/c19-10-3-1-9(2-4-10)15(22)20-21-16(23)13-11-5-6-12(14(13)17(21)24)18(11)7-8-18/h1-6,11-14H,7-8H2,(H,20,22)/t11-,12-,13-,14+/m0/s1. The number of carbonyl (C=O) groups excluding carboxylic acids is 3. The maximum atomic E-state index is 12.8. The Morgan fingerprint density at radius 2 is 1.58 bits per heavy atom. The van der Waals surface area contributed by atoms with Crippen molar-refractivity contribution in [1.29, 1.82) is 0 Å². The zero-order valence-electron chi connectivity index (χ0n) is 12.7. The largest absolute Gasteiger partial charge is 0.272 e. The topological polar surface area (TPSA) is 66.5 Å². The first kappa shape index (κ1) is 14.2. The first-order chi connectivity index (χ1) is 11.5. The third-order valence-electron chi connectivity index (χ3n) is 6.17. The zero-order chi connectivity index (χ0) is 16.6. The molecule has 122 valence electrons. The second-order valence-electron chi connectivity index (χ2n) is 7.18. The molecule has 1 aliphatic heterocycles. The van der Waals surface area contributed by atoms with E-state index in [0.29, 0.717) is 10.6 Å². The summed E-state index contributed by atoms with van der Waals surface area (Å²) < 4.78 is 0. The van der Waals surface area contributed by atoms with Crippen LogP contribution in [0.1, 0.15) is 23.2 Å². The van der Waals surface area contributed by atoms with Gasteiger partial charge in [0.05, 0.1) is 11.8 Å². The number of nitrogens with one attached hydrogen (secondary N) is 1. The third-order valence-corrected chi connectivity index (χ3v) is 6.42. The van der Waals surface area contributed by atoms with Gasteiger partial charge in [-0.1, -0.05) is 23.8 Å². The number of benzene rings is 1. The van der Waals surface area contributed by atoms with Crippen LogP contribution in [0.2, 0.25) is 5.02 Å². The van der Waals surface area contributed by atoms with Gasteiger partial charge in [-0.3, -0.25) is 19.8 Å². The minimum absolute atomic E-state index is 0.154. The van der Waals surface area contributed by atoms with Gasteiger partial charge in [-0.15, -0.1) is 0 Å². The summed E-state index contributed by atoms with van der Waals surface area (Å²) in [5, 5.41) is 1.46. The maximum absolute atomic E-state index is 12.8. The molecule has 1 heterocycles. The van der Waals surface area contributed by atoms with Crippen molar-refractivity contribution in [2.75, 3.05) is 0 Å². The lowest BCUT2D eigenvalue weighted by molar-refractivity contribution is -0.144. The first-order valence-electron chi connectivity index (χ1n) is 8.16. The molecule has 5 nitrogen and oxygen atoms in total. The summed E-state index contributed by atoms with van der Waals surface area (Å²) in [6.07, 6.45) is 6.41. The van der Waals surface area contributed by atoms with Gasteiger partial charge in [0.1, 0.15) is 0 Å². The van der Waals surface area contributed by atoms with Crippen LogP contribution in [0.4, 0.5) is 0 Å². The van der Waals surface area contributed by atoms with Crippen LogP contribution in [-0.2, 0) is 9.59 Å². The SMILES string of the molecule is O=C(NN1C(=O)[C@@H]2[C@H](C1=O)[C@@H]1C=C[C@@H]2C12CC2)c1ccc(Cl)cc1. The quantitative estimate of drug-likeness (QED) is 0.661. The fourth-order valence-corrected chi connectivity index (χ4v) is 5.08. The molecule has 24 heavy (non-hydrogen) atoms. The number of rotatable bonds is 2. The number of hydrazine groups is 1. The minimum atomic E-state index is -0.477. The van der Waals surface area contributed by atoms with E-state index in [1.807, 2.05) is 0 Å². The summed E-state index contributed by atoms with van der Waals surface area (Å²) >= 11 is 5.81. The molecule has 0 aromatic heterocycles. The lowest BCUT2D eigenvalue weighted by Crippen LogP contribution is -2.47. The number of allylic oxidation sites excluding steroid dienone is 2. The predicted octanol–water partition coefficient (Wildman–Crippen LogP) is 2.18. The van der Waals surface area contributed by atoms with Gasteiger partial charge in [0.25, 0.3) is 17.7 Å². The Labute approximate surface area is 143 Å². The van der Waals surface area contributed by atoms with Gasteiger partial charge in [-0.2, -0.15) is 5.01 Å². The fourth-order valence-electron chi connectivity index (χ4n) is 4.96. The smallest absolute Gasteiger partial charge is 0.270 e. The highest BCUT2D eigenvalue weighted by Gasteiger charge is 2.73. The van der Waals surface area contributed by atoms with Crippen molar-refractivity contribution in [3.05, 3.63) is 47.0 Å². The van der Waals surface area contributed by atoms with Crippen molar-refractivity contribution in [3.63, 3.8) is 0 Å². The maximum Gasteiger partial charge on any atom is 0.270 e. The lowest BCUT2D eigenvalue weighted by Gasteiger charge is -2.22. The van der Waals surface area contributed by atoms with Gasteiger partial charge in [0.2, 0.25) is 0 Å². The van der Waals surface area contributed by atoms with Crippen molar-refractivity contribution in [1.82, 2.24) is 10.4 Å². The van der Waals surface area contributed by atoms with Crippen LogP contribution in [0, 0.1) is 29.1 Å². The lowest BCUT2D eigenvalue weighted by atomic mass is 9.85. The van der Waals surface area contributed by atoms with Crippen LogP contribution in [-0.4, -0.2) is 22.7 Å². The van der Waals surface area contributed by atoms with Gasteiger partial charge in [0, 0.05) is 10.6 Å². The summed E-state index contributed by atoms with van der Waals surface area (Å²) in [4.78, 5) is 37.8. The number of carbonyl (C=O) groups is 3. The molecule has 5 rings (SSSR count). The number of amides is 3. The Morgan fingerprint density at radius 3 is 2.08 bits per heavy atom. The fraction of sp³-hybridized carbons (Fsp3) is 0.389. The van der Waals surface area contributed by atoms with E-state index in [9.17, 15) is 14.4 Å². The normalized spacial score (nSPS) is 34.1. The van der Waals surface area contributed by atoms with Crippen LogP contribution >= 0.6 is 11.6 Å².